The maximum atomic E-state index is 6.03. The van der Waals surface area contributed by atoms with Crippen LogP contribution < -0.4 is 4.74 Å². The molecule has 0 radical (unpaired) electrons. The van der Waals surface area contributed by atoms with Gasteiger partial charge in [0.05, 0.1) is 17.8 Å². The number of halogens is 1. The second-order valence-electron chi connectivity index (χ2n) is 6.33. The fourth-order valence-electron chi connectivity index (χ4n) is 3.11. The first-order chi connectivity index (χ1) is 12.8. The Morgan fingerprint density at radius 2 is 2.08 bits per heavy atom. The van der Waals surface area contributed by atoms with Crippen LogP contribution >= 0.6 is 11.6 Å². The van der Waals surface area contributed by atoms with Crippen LogP contribution in [0.15, 0.2) is 54.7 Å². The predicted molar refractivity (Wildman–Crippen MR) is 102 cm³/mol. The molecule has 1 aliphatic heterocycles. The highest BCUT2D eigenvalue weighted by Gasteiger charge is 2.22. The zero-order valence-electron chi connectivity index (χ0n) is 14.3. The number of pyridine rings is 2. The van der Waals surface area contributed by atoms with Crippen LogP contribution in [0.4, 0.5) is 0 Å². The van der Waals surface area contributed by atoms with Gasteiger partial charge in [0.25, 0.3) is 0 Å². The molecule has 4 rings (SSSR count). The van der Waals surface area contributed by atoms with Crippen molar-refractivity contribution in [2.24, 2.45) is 0 Å². The van der Waals surface area contributed by atoms with Gasteiger partial charge >= 0.3 is 0 Å². The minimum atomic E-state index is 0.000444. The van der Waals surface area contributed by atoms with Crippen molar-refractivity contribution < 1.29 is 9.47 Å². The van der Waals surface area contributed by atoms with Crippen LogP contribution in [0, 0.1) is 0 Å². The number of ether oxygens (including phenoxy) is 2. The lowest BCUT2D eigenvalue weighted by Gasteiger charge is -2.32. The highest BCUT2D eigenvalue weighted by atomic mass is 35.5. The summed E-state index contributed by atoms with van der Waals surface area (Å²) in [4.78, 5) is 11.1. The van der Waals surface area contributed by atoms with Crippen LogP contribution in [0.2, 0.25) is 5.15 Å². The average Bonchev–Trinajstić information content (AvgIpc) is 2.68. The number of nitrogens with zero attached hydrogens (tertiary/aromatic N) is 3. The van der Waals surface area contributed by atoms with E-state index in [1.54, 1.807) is 12.3 Å². The molecule has 6 heteroatoms. The number of morpholine rings is 1. The minimum Gasteiger partial charge on any atom is -0.488 e. The van der Waals surface area contributed by atoms with Crippen LogP contribution in [0.25, 0.3) is 10.9 Å². The van der Waals surface area contributed by atoms with Crippen LogP contribution in [0.1, 0.15) is 5.69 Å². The summed E-state index contributed by atoms with van der Waals surface area (Å²) < 4.78 is 11.6. The van der Waals surface area contributed by atoms with Gasteiger partial charge in [-0.1, -0.05) is 35.9 Å². The molecule has 5 nitrogen and oxygen atoms in total. The zero-order valence-corrected chi connectivity index (χ0v) is 15.1. The SMILES string of the molecule is Clc1ncccc1OCC1CN(Cc2ccc3ccccc3n2)CCO1. The molecule has 0 amide bonds. The molecule has 1 atom stereocenters. The fourth-order valence-corrected chi connectivity index (χ4v) is 3.29. The van der Waals surface area contributed by atoms with Crippen molar-refractivity contribution in [1.29, 1.82) is 0 Å². The summed E-state index contributed by atoms with van der Waals surface area (Å²) >= 11 is 6.03. The van der Waals surface area contributed by atoms with Gasteiger partial charge in [0.1, 0.15) is 12.7 Å². The molecular weight excluding hydrogens is 350 g/mol. The molecule has 1 aliphatic rings. The van der Waals surface area contributed by atoms with Crippen LogP contribution in [-0.2, 0) is 11.3 Å². The highest BCUT2D eigenvalue weighted by molar-refractivity contribution is 6.30. The van der Waals surface area contributed by atoms with E-state index >= 15 is 0 Å². The number of aromatic nitrogens is 2. The molecule has 0 N–H and O–H groups in total. The van der Waals surface area contributed by atoms with Crippen LogP contribution in [0.5, 0.6) is 5.75 Å². The second kappa shape index (κ2) is 7.99. The monoisotopic (exact) mass is 369 g/mol. The third kappa shape index (κ3) is 4.12. The summed E-state index contributed by atoms with van der Waals surface area (Å²) in [5.41, 5.74) is 2.10. The van der Waals surface area contributed by atoms with Gasteiger partial charge in [0, 0.05) is 31.2 Å². The molecule has 134 valence electrons. The Labute approximate surface area is 157 Å². The number of para-hydroxylation sites is 1. The standard InChI is InChI=1S/C20H20ClN3O2/c21-20-19(6-3-9-22-20)26-14-17-13-24(10-11-25-17)12-16-8-7-15-4-1-2-5-18(15)23-16/h1-9,17H,10-14H2. The molecule has 1 fully saturated rings. The average molecular weight is 370 g/mol. The zero-order chi connectivity index (χ0) is 17.8. The molecule has 0 bridgehead atoms. The molecule has 26 heavy (non-hydrogen) atoms. The lowest BCUT2D eigenvalue weighted by Crippen LogP contribution is -2.44. The van der Waals surface area contributed by atoms with E-state index in [4.69, 9.17) is 26.1 Å². The van der Waals surface area contributed by atoms with Gasteiger partial charge in [-0.25, -0.2) is 4.98 Å². The second-order valence-corrected chi connectivity index (χ2v) is 6.68. The molecule has 0 aliphatic carbocycles. The summed E-state index contributed by atoms with van der Waals surface area (Å²) in [6, 6.07) is 16.0. The number of benzene rings is 1. The lowest BCUT2D eigenvalue weighted by atomic mass is 10.2. The molecule has 3 aromatic rings. The summed E-state index contributed by atoms with van der Waals surface area (Å²) in [5.74, 6) is 0.589. The highest BCUT2D eigenvalue weighted by Crippen LogP contribution is 2.21. The molecule has 0 spiro atoms. The van der Waals surface area contributed by atoms with E-state index in [1.165, 1.54) is 0 Å². The van der Waals surface area contributed by atoms with E-state index in [0.29, 0.717) is 24.1 Å². The topological polar surface area (TPSA) is 47.5 Å². The van der Waals surface area contributed by atoms with Crippen molar-refractivity contribution in [1.82, 2.24) is 14.9 Å². The number of hydrogen-bond donors (Lipinski definition) is 0. The van der Waals surface area contributed by atoms with E-state index in [9.17, 15) is 0 Å². The Kier molecular flexibility index (Phi) is 5.29. The number of fused-ring (bicyclic) bond motifs is 1. The first kappa shape index (κ1) is 17.2. The third-order valence-corrected chi connectivity index (χ3v) is 4.70. The molecular formula is C20H20ClN3O2. The van der Waals surface area contributed by atoms with E-state index in [2.05, 4.69) is 28.1 Å². The van der Waals surface area contributed by atoms with Gasteiger partial charge in [-0.3, -0.25) is 9.88 Å². The molecule has 2 aromatic heterocycles. The summed E-state index contributed by atoms with van der Waals surface area (Å²) in [5, 5.41) is 1.54. The Morgan fingerprint density at radius 3 is 3.00 bits per heavy atom. The quantitative estimate of drug-likeness (QED) is 0.643. The maximum absolute atomic E-state index is 6.03. The predicted octanol–water partition coefficient (Wildman–Crippen LogP) is 3.56. The van der Waals surface area contributed by atoms with E-state index in [1.807, 2.05) is 24.3 Å². The van der Waals surface area contributed by atoms with Gasteiger partial charge in [-0.05, 0) is 24.3 Å². The van der Waals surface area contributed by atoms with Gasteiger partial charge in [-0.2, -0.15) is 0 Å². The first-order valence-corrected chi connectivity index (χ1v) is 9.08. The van der Waals surface area contributed by atoms with Crippen LogP contribution in [-0.4, -0.2) is 47.3 Å². The third-order valence-electron chi connectivity index (χ3n) is 4.41. The fraction of sp³-hybridized carbons (Fsp3) is 0.300. The molecule has 0 saturated carbocycles. The smallest absolute Gasteiger partial charge is 0.171 e. The Bertz CT molecular complexity index is 890. The minimum absolute atomic E-state index is 0.000444. The maximum Gasteiger partial charge on any atom is 0.171 e. The van der Waals surface area contributed by atoms with E-state index < -0.39 is 0 Å². The number of hydrogen-bond acceptors (Lipinski definition) is 5. The Hall–Kier alpha value is -2.21. The Balaban J connectivity index is 1.36. The van der Waals surface area contributed by atoms with Gasteiger partial charge in [-0.15, -0.1) is 0 Å². The van der Waals surface area contributed by atoms with E-state index in [-0.39, 0.29) is 6.10 Å². The number of rotatable bonds is 5. The van der Waals surface area contributed by atoms with Crippen molar-refractivity contribution in [3.63, 3.8) is 0 Å². The lowest BCUT2D eigenvalue weighted by molar-refractivity contribution is -0.0507. The largest absolute Gasteiger partial charge is 0.488 e. The van der Waals surface area contributed by atoms with Crippen LogP contribution in [0.3, 0.4) is 0 Å². The molecule has 1 aromatic carbocycles. The summed E-state index contributed by atoms with van der Waals surface area (Å²) in [7, 11) is 0. The van der Waals surface area contributed by atoms with E-state index in [0.717, 1.165) is 36.2 Å². The molecule has 1 saturated heterocycles. The Morgan fingerprint density at radius 1 is 1.15 bits per heavy atom. The van der Waals surface area contributed by atoms with Gasteiger partial charge in [0.15, 0.2) is 10.9 Å². The summed E-state index contributed by atoms with van der Waals surface area (Å²) in [6.07, 6.45) is 1.64. The van der Waals surface area contributed by atoms with Gasteiger partial charge < -0.3 is 9.47 Å². The van der Waals surface area contributed by atoms with Crippen molar-refractivity contribution >= 4 is 22.5 Å². The normalized spacial score (nSPS) is 18.1. The molecule has 3 heterocycles. The first-order valence-electron chi connectivity index (χ1n) is 8.70. The van der Waals surface area contributed by atoms with Crippen molar-refractivity contribution in [3.8, 4) is 5.75 Å². The van der Waals surface area contributed by atoms with Gasteiger partial charge in [0.2, 0.25) is 0 Å². The summed E-state index contributed by atoms with van der Waals surface area (Å²) in [6.45, 7) is 3.62. The molecule has 1 unspecified atom stereocenters. The van der Waals surface area contributed by atoms with Crippen molar-refractivity contribution in [2.45, 2.75) is 12.6 Å². The van der Waals surface area contributed by atoms with Crippen molar-refractivity contribution in [2.75, 3.05) is 26.3 Å². The van der Waals surface area contributed by atoms with Crippen molar-refractivity contribution in [3.05, 3.63) is 65.6 Å².